The molecule has 0 fully saturated rings. The second kappa shape index (κ2) is 3.91. The van der Waals surface area contributed by atoms with Crippen molar-refractivity contribution < 1.29 is 0 Å². The molecule has 0 aromatic rings. The van der Waals surface area contributed by atoms with Gasteiger partial charge in [0, 0.05) is 6.04 Å². The maximum atomic E-state index is 5.90. The van der Waals surface area contributed by atoms with Crippen LogP contribution in [0.4, 0.5) is 0 Å². The van der Waals surface area contributed by atoms with Crippen LogP contribution in [0.5, 0.6) is 0 Å². The fraction of sp³-hybridized carbons (Fsp3) is 0.800. The molecule has 0 heterocycles. The molecule has 0 saturated heterocycles. The highest BCUT2D eigenvalue weighted by molar-refractivity contribution is 4.92. The van der Waals surface area contributed by atoms with Crippen molar-refractivity contribution in [3.05, 3.63) is 12.2 Å². The molecule has 1 heteroatoms. The van der Waals surface area contributed by atoms with Gasteiger partial charge in [0.1, 0.15) is 0 Å². The Morgan fingerprint density at radius 2 is 1.91 bits per heavy atom. The second-order valence-corrected chi connectivity index (χ2v) is 4.69. The lowest BCUT2D eigenvalue weighted by atomic mass is 9.86. The van der Waals surface area contributed by atoms with E-state index in [9.17, 15) is 0 Å². The Balaban J connectivity index is 3.69. The van der Waals surface area contributed by atoms with Crippen molar-refractivity contribution in [3.8, 4) is 0 Å². The third-order valence-corrected chi connectivity index (χ3v) is 1.49. The smallest absolute Gasteiger partial charge is 0.00808 e. The van der Waals surface area contributed by atoms with Crippen LogP contribution in [0.2, 0.25) is 0 Å². The summed E-state index contributed by atoms with van der Waals surface area (Å²) in [4.78, 5) is 0. The maximum absolute atomic E-state index is 5.90. The highest BCUT2D eigenvalue weighted by Crippen LogP contribution is 2.21. The highest BCUT2D eigenvalue weighted by atomic mass is 14.6. The van der Waals surface area contributed by atoms with Gasteiger partial charge >= 0.3 is 0 Å². The van der Waals surface area contributed by atoms with E-state index in [0.717, 1.165) is 12.8 Å². The fourth-order valence-electron chi connectivity index (χ4n) is 1.31. The van der Waals surface area contributed by atoms with Crippen LogP contribution in [-0.2, 0) is 0 Å². The largest absolute Gasteiger partial charge is 0.327 e. The lowest BCUT2D eigenvalue weighted by Gasteiger charge is -2.22. The summed E-state index contributed by atoms with van der Waals surface area (Å²) in [6.45, 7) is 12.5. The summed E-state index contributed by atoms with van der Waals surface area (Å²) >= 11 is 0. The molecule has 0 rings (SSSR count). The minimum absolute atomic E-state index is 0.285. The van der Waals surface area contributed by atoms with Gasteiger partial charge in [-0.25, -0.2) is 0 Å². The van der Waals surface area contributed by atoms with Crippen molar-refractivity contribution in [2.24, 2.45) is 11.1 Å². The van der Waals surface area contributed by atoms with Crippen LogP contribution < -0.4 is 5.73 Å². The molecule has 11 heavy (non-hydrogen) atoms. The first-order valence-corrected chi connectivity index (χ1v) is 4.21. The molecule has 1 nitrogen and oxygen atoms in total. The van der Waals surface area contributed by atoms with Crippen LogP contribution in [-0.4, -0.2) is 6.04 Å². The zero-order valence-corrected chi connectivity index (χ0v) is 8.28. The predicted molar refractivity (Wildman–Crippen MR) is 51.5 cm³/mol. The van der Waals surface area contributed by atoms with Gasteiger partial charge in [-0.15, -0.1) is 6.58 Å². The summed E-state index contributed by atoms with van der Waals surface area (Å²) in [6.07, 6.45) is 2.02. The van der Waals surface area contributed by atoms with Gasteiger partial charge in [0.25, 0.3) is 0 Å². The first-order chi connectivity index (χ1) is 4.81. The fourth-order valence-corrected chi connectivity index (χ4v) is 1.31. The van der Waals surface area contributed by atoms with Gasteiger partial charge in [-0.1, -0.05) is 26.3 Å². The second-order valence-electron chi connectivity index (χ2n) is 4.69. The molecule has 0 aliphatic carbocycles. The summed E-state index contributed by atoms with van der Waals surface area (Å²) in [6, 6.07) is 0.285. The summed E-state index contributed by atoms with van der Waals surface area (Å²) < 4.78 is 0. The molecule has 0 aromatic heterocycles. The van der Waals surface area contributed by atoms with Crippen molar-refractivity contribution in [2.45, 2.75) is 46.6 Å². The Kier molecular flexibility index (Phi) is 3.81. The van der Waals surface area contributed by atoms with Crippen molar-refractivity contribution in [3.63, 3.8) is 0 Å². The van der Waals surface area contributed by atoms with Crippen LogP contribution >= 0.6 is 0 Å². The maximum Gasteiger partial charge on any atom is 0.00808 e. The van der Waals surface area contributed by atoms with Gasteiger partial charge in [0.05, 0.1) is 0 Å². The molecule has 0 amide bonds. The molecule has 66 valence electrons. The average molecular weight is 155 g/mol. The van der Waals surface area contributed by atoms with Gasteiger partial charge in [0.15, 0.2) is 0 Å². The van der Waals surface area contributed by atoms with E-state index in [2.05, 4.69) is 27.4 Å². The van der Waals surface area contributed by atoms with Crippen LogP contribution in [0.25, 0.3) is 0 Å². The third-order valence-electron chi connectivity index (χ3n) is 1.49. The Labute approximate surface area is 70.7 Å². The van der Waals surface area contributed by atoms with E-state index in [1.807, 2.05) is 6.92 Å². The lowest BCUT2D eigenvalue weighted by molar-refractivity contribution is 0.338. The Hall–Kier alpha value is -0.300. The summed E-state index contributed by atoms with van der Waals surface area (Å²) in [5.74, 6) is 0. The molecular weight excluding hydrogens is 134 g/mol. The summed E-state index contributed by atoms with van der Waals surface area (Å²) in [5, 5.41) is 0. The summed E-state index contributed by atoms with van der Waals surface area (Å²) in [7, 11) is 0. The van der Waals surface area contributed by atoms with Crippen LogP contribution in [0.3, 0.4) is 0 Å². The van der Waals surface area contributed by atoms with E-state index in [1.54, 1.807) is 0 Å². The van der Waals surface area contributed by atoms with Crippen molar-refractivity contribution in [2.75, 3.05) is 0 Å². The number of rotatable bonds is 3. The minimum Gasteiger partial charge on any atom is -0.327 e. The van der Waals surface area contributed by atoms with Crippen LogP contribution in [0, 0.1) is 5.41 Å². The monoisotopic (exact) mass is 155 g/mol. The zero-order valence-electron chi connectivity index (χ0n) is 8.28. The number of nitrogens with two attached hydrogens (primary N) is 1. The van der Waals surface area contributed by atoms with Gasteiger partial charge in [-0.2, -0.15) is 0 Å². The molecule has 0 radical (unpaired) electrons. The Morgan fingerprint density at radius 3 is 2.18 bits per heavy atom. The standard InChI is InChI=1S/C10H21N/c1-8(2)6-9(11)7-10(3,4)5/h9H,1,6-7,11H2,2-5H3. The minimum atomic E-state index is 0.285. The van der Waals surface area contributed by atoms with E-state index in [1.165, 1.54) is 5.57 Å². The SMILES string of the molecule is C=C(C)CC(N)CC(C)(C)C. The molecule has 1 unspecified atom stereocenters. The molecule has 0 aromatic carbocycles. The van der Waals surface area contributed by atoms with E-state index < -0.39 is 0 Å². The van der Waals surface area contributed by atoms with Gasteiger partial charge in [-0.3, -0.25) is 0 Å². The molecule has 0 bridgehead atoms. The van der Waals surface area contributed by atoms with E-state index >= 15 is 0 Å². The van der Waals surface area contributed by atoms with E-state index in [-0.39, 0.29) is 6.04 Å². The molecule has 0 aliphatic rings. The van der Waals surface area contributed by atoms with Crippen LogP contribution in [0.1, 0.15) is 40.5 Å². The van der Waals surface area contributed by atoms with E-state index in [4.69, 9.17) is 5.73 Å². The molecule has 2 N–H and O–H groups in total. The number of hydrogen-bond acceptors (Lipinski definition) is 1. The molecule has 0 saturated carbocycles. The molecular formula is C10H21N. The third kappa shape index (κ3) is 7.60. The first kappa shape index (κ1) is 10.7. The normalized spacial score (nSPS) is 14.6. The number of hydrogen-bond donors (Lipinski definition) is 1. The first-order valence-electron chi connectivity index (χ1n) is 4.21. The summed E-state index contributed by atoms with van der Waals surface area (Å²) in [5.41, 5.74) is 7.42. The lowest BCUT2D eigenvalue weighted by Crippen LogP contribution is -2.26. The Bertz CT molecular complexity index is 130. The van der Waals surface area contributed by atoms with Crippen molar-refractivity contribution in [1.82, 2.24) is 0 Å². The molecule has 0 aliphatic heterocycles. The zero-order chi connectivity index (χ0) is 9.07. The van der Waals surface area contributed by atoms with Gasteiger partial charge in [-0.05, 0) is 25.2 Å². The van der Waals surface area contributed by atoms with Crippen molar-refractivity contribution >= 4 is 0 Å². The quantitative estimate of drug-likeness (QED) is 0.623. The van der Waals surface area contributed by atoms with Gasteiger partial charge in [0.2, 0.25) is 0 Å². The molecule has 1 atom stereocenters. The predicted octanol–water partition coefficient (Wildman–Crippen LogP) is 2.72. The molecule has 0 spiro atoms. The average Bonchev–Trinajstić information content (AvgIpc) is 1.53. The van der Waals surface area contributed by atoms with Gasteiger partial charge < -0.3 is 5.73 Å². The van der Waals surface area contributed by atoms with E-state index in [0.29, 0.717) is 5.41 Å². The Morgan fingerprint density at radius 1 is 1.45 bits per heavy atom. The topological polar surface area (TPSA) is 26.0 Å². The highest BCUT2D eigenvalue weighted by Gasteiger charge is 2.14. The van der Waals surface area contributed by atoms with Crippen LogP contribution in [0.15, 0.2) is 12.2 Å². The van der Waals surface area contributed by atoms with Crippen molar-refractivity contribution in [1.29, 1.82) is 0 Å².